The van der Waals surface area contributed by atoms with Crippen molar-refractivity contribution >= 4 is 34.4 Å². The number of nitrogens with zero attached hydrogens (tertiary/aromatic N) is 1. The molecule has 1 atom stereocenters. The molecule has 29 heavy (non-hydrogen) atoms. The zero-order valence-corrected chi connectivity index (χ0v) is 16.2. The molecule has 1 aliphatic heterocycles. The molecule has 0 bridgehead atoms. The molecule has 3 aromatic carbocycles. The van der Waals surface area contributed by atoms with Crippen LogP contribution in [0.15, 0.2) is 83.9 Å². The molecular weight excluding hydrogens is 384 g/mol. The number of carbonyl (C=O) groups is 2. The molecule has 4 rings (SSSR count). The van der Waals surface area contributed by atoms with Crippen LogP contribution >= 0.6 is 11.8 Å². The first-order valence-electron chi connectivity index (χ1n) is 9.11. The van der Waals surface area contributed by atoms with Crippen molar-refractivity contribution in [2.75, 3.05) is 11.1 Å². The SMILES string of the molecule is O=C(O)c1ccccc1C(=O)Nc1ccc(C2CSC(c3ccccc3)=N2)cc1. The van der Waals surface area contributed by atoms with E-state index in [0.29, 0.717) is 5.69 Å². The molecule has 0 saturated carbocycles. The molecule has 3 aromatic rings. The molecule has 0 spiro atoms. The molecule has 1 heterocycles. The summed E-state index contributed by atoms with van der Waals surface area (Å²) in [7, 11) is 0. The molecule has 144 valence electrons. The fourth-order valence-electron chi connectivity index (χ4n) is 3.14. The van der Waals surface area contributed by atoms with Gasteiger partial charge in [0, 0.05) is 17.0 Å². The summed E-state index contributed by atoms with van der Waals surface area (Å²) in [6.45, 7) is 0. The van der Waals surface area contributed by atoms with Crippen molar-refractivity contribution in [2.24, 2.45) is 4.99 Å². The molecule has 6 heteroatoms. The van der Waals surface area contributed by atoms with E-state index < -0.39 is 11.9 Å². The second-order valence-electron chi connectivity index (χ2n) is 6.55. The number of aliphatic imine (C=N–C) groups is 1. The Balaban J connectivity index is 1.47. The lowest BCUT2D eigenvalue weighted by molar-refractivity contribution is 0.0692. The van der Waals surface area contributed by atoms with Crippen LogP contribution in [0.3, 0.4) is 0 Å². The standard InChI is InChI=1S/C23H18N2O3S/c26-21(18-8-4-5-9-19(18)23(27)28)24-17-12-10-15(11-13-17)20-14-29-22(25-20)16-6-2-1-3-7-16/h1-13,20H,14H2,(H,24,26)(H,27,28). The van der Waals surface area contributed by atoms with Crippen molar-refractivity contribution < 1.29 is 14.7 Å². The first-order chi connectivity index (χ1) is 14.1. The Morgan fingerprint density at radius 1 is 0.897 bits per heavy atom. The van der Waals surface area contributed by atoms with Crippen LogP contribution in [0, 0.1) is 0 Å². The van der Waals surface area contributed by atoms with Crippen molar-refractivity contribution in [1.82, 2.24) is 0 Å². The summed E-state index contributed by atoms with van der Waals surface area (Å²) >= 11 is 1.74. The Morgan fingerprint density at radius 3 is 2.24 bits per heavy atom. The highest BCUT2D eigenvalue weighted by Gasteiger charge is 2.21. The van der Waals surface area contributed by atoms with Gasteiger partial charge >= 0.3 is 5.97 Å². The van der Waals surface area contributed by atoms with Gasteiger partial charge in [-0.1, -0.05) is 54.6 Å². The van der Waals surface area contributed by atoms with Gasteiger partial charge in [-0.15, -0.1) is 11.8 Å². The third-order valence-electron chi connectivity index (χ3n) is 4.63. The lowest BCUT2D eigenvalue weighted by Gasteiger charge is -2.10. The Bertz CT molecular complexity index is 1080. The molecule has 0 aliphatic carbocycles. The van der Waals surface area contributed by atoms with E-state index in [0.717, 1.165) is 21.9 Å². The van der Waals surface area contributed by atoms with Gasteiger partial charge < -0.3 is 10.4 Å². The van der Waals surface area contributed by atoms with E-state index in [1.165, 1.54) is 12.1 Å². The summed E-state index contributed by atoms with van der Waals surface area (Å²) < 4.78 is 0. The van der Waals surface area contributed by atoms with Gasteiger partial charge in [0.2, 0.25) is 0 Å². The van der Waals surface area contributed by atoms with Gasteiger partial charge in [0.25, 0.3) is 5.91 Å². The third-order valence-corrected chi connectivity index (χ3v) is 5.72. The number of aromatic carboxylic acids is 1. The van der Waals surface area contributed by atoms with E-state index in [9.17, 15) is 14.7 Å². The smallest absolute Gasteiger partial charge is 0.336 e. The van der Waals surface area contributed by atoms with Crippen molar-refractivity contribution in [3.8, 4) is 0 Å². The number of benzene rings is 3. The van der Waals surface area contributed by atoms with E-state index >= 15 is 0 Å². The highest BCUT2D eigenvalue weighted by molar-refractivity contribution is 8.14. The number of nitrogens with one attached hydrogen (secondary N) is 1. The fraction of sp³-hybridized carbons (Fsp3) is 0.0870. The van der Waals surface area contributed by atoms with Gasteiger partial charge in [-0.3, -0.25) is 9.79 Å². The first kappa shape index (κ1) is 19.0. The van der Waals surface area contributed by atoms with Gasteiger partial charge in [0.1, 0.15) is 0 Å². The maximum absolute atomic E-state index is 12.5. The zero-order chi connectivity index (χ0) is 20.2. The topological polar surface area (TPSA) is 78.8 Å². The summed E-state index contributed by atoms with van der Waals surface area (Å²) in [5.41, 5.74) is 2.92. The summed E-state index contributed by atoms with van der Waals surface area (Å²) in [4.78, 5) is 28.6. The molecule has 1 unspecified atom stereocenters. The second kappa shape index (κ2) is 8.32. The predicted octanol–water partition coefficient (Wildman–Crippen LogP) is 4.87. The van der Waals surface area contributed by atoms with Crippen molar-refractivity contribution in [2.45, 2.75) is 6.04 Å². The summed E-state index contributed by atoms with van der Waals surface area (Å²) in [6, 6.07) is 23.9. The largest absolute Gasteiger partial charge is 0.478 e. The van der Waals surface area contributed by atoms with E-state index in [1.54, 1.807) is 23.9 Å². The zero-order valence-electron chi connectivity index (χ0n) is 15.4. The molecule has 0 aromatic heterocycles. The third kappa shape index (κ3) is 4.22. The van der Waals surface area contributed by atoms with Crippen LogP contribution in [0.2, 0.25) is 0 Å². The average molecular weight is 402 g/mol. The number of anilines is 1. The molecule has 0 radical (unpaired) electrons. The quantitative estimate of drug-likeness (QED) is 0.638. The molecule has 1 aliphatic rings. The predicted molar refractivity (Wildman–Crippen MR) is 116 cm³/mol. The number of carboxylic acids is 1. The molecule has 5 nitrogen and oxygen atoms in total. The number of rotatable bonds is 5. The highest BCUT2D eigenvalue weighted by Crippen LogP contribution is 2.33. The molecular formula is C23H18N2O3S. The number of carbonyl (C=O) groups excluding carboxylic acids is 1. The average Bonchev–Trinajstić information content (AvgIpc) is 3.25. The van der Waals surface area contributed by atoms with Crippen LogP contribution in [0.25, 0.3) is 0 Å². The number of thioether (sulfide) groups is 1. The first-order valence-corrected chi connectivity index (χ1v) is 10.1. The van der Waals surface area contributed by atoms with E-state index in [1.807, 2.05) is 42.5 Å². The summed E-state index contributed by atoms with van der Waals surface area (Å²) in [5, 5.41) is 13.1. The molecule has 0 saturated heterocycles. The lowest BCUT2D eigenvalue weighted by atomic mass is 10.1. The minimum Gasteiger partial charge on any atom is -0.478 e. The Kier molecular flexibility index (Phi) is 5.44. The summed E-state index contributed by atoms with van der Waals surface area (Å²) in [6.07, 6.45) is 0. The minimum absolute atomic E-state index is 0.0209. The molecule has 2 N–H and O–H groups in total. The maximum Gasteiger partial charge on any atom is 0.336 e. The number of amides is 1. The van der Waals surface area contributed by atoms with Crippen LogP contribution in [-0.4, -0.2) is 27.8 Å². The Labute approximate surface area is 172 Å². The van der Waals surface area contributed by atoms with Crippen molar-refractivity contribution in [1.29, 1.82) is 0 Å². The fourth-order valence-corrected chi connectivity index (χ4v) is 4.23. The van der Waals surface area contributed by atoms with Crippen LogP contribution in [0.5, 0.6) is 0 Å². The van der Waals surface area contributed by atoms with E-state index in [-0.39, 0.29) is 17.2 Å². The van der Waals surface area contributed by atoms with Gasteiger partial charge in [-0.2, -0.15) is 0 Å². The van der Waals surface area contributed by atoms with Crippen LogP contribution < -0.4 is 5.32 Å². The normalized spacial score (nSPS) is 15.6. The van der Waals surface area contributed by atoms with Gasteiger partial charge in [-0.25, -0.2) is 4.79 Å². The Morgan fingerprint density at radius 2 is 1.55 bits per heavy atom. The second-order valence-corrected chi connectivity index (χ2v) is 7.56. The van der Waals surface area contributed by atoms with Gasteiger partial charge in [0.05, 0.1) is 22.2 Å². The Hall–Kier alpha value is -3.38. The van der Waals surface area contributed by atoms with E-state index in [2.05, 4.69) is 17.4 Å². The number of carboxylic acid groups (broad SMARTS) is 1. The summed E-state index contributed by atoms with van der Waals surface area (Å²) in [5.74, 6) is -0.699. The lowest BCUT2D eigenvalue weighted by Crippen LogP contribution is -2.16. The number of hydrogen-bond acceptors (Lipinski definition) is 4. The monoisotopic (exact) mass is 402 g/mol. The van der Waals surface area contributed by atoms with Crippen molar-refractivity contribution in [3.63, 3.8) is 0 Å². The molecule has 1 amide bonds. The van der Waals surface area contributed by atoms with Crippen LogP contribution in [0.4, 0.5) is 5.69 Å². The number of hydrogen-bond donors (Lipinski definition) is 2. The van der Waals surface area contributed by atoms with Crippen LogP contribution in [-0.2, 0) is 0 Å². The van der Waals surface area contributed by atoms with Gasteiger partial charge in [0.15, 0.2) is 0 Å². The van der Waals surface area contributed by atoms with Crippen LogP contribution in [0.1, 0.15) is 37.9 Å². The van der Waals surface area contributed by atoms with E-state index in [4.69, 9.17) is 4.99 Å². The minimum atomic E-state index is -1.13. The van der Waals surface area contributed by atoms with Crippen molar-refractivity contribution in [3.05, 3.63) is 101 Å². The highest BCUT2D eigenvalue weighted by atomic mass is 32.2. The van der Waals surface area contributed by atoms with Gasteiger partial charge in [-0.05, 0) is 29.8 Å². The maximum atomic E-state index is 12.5. The molecule has 0 fully saturated rings.